The standard InChI is InChI=1S/C19H24N2O5S/c1-4-10-26-11-6-8-15(22)17-14-12-27(23,24)19-13(18(14)21(2)20-17)7-5-9-16(19)25-3/h5,7,9H,4,6,8,10-12H2,1-3H3. The zero-order valence-electron chi connectivity index (χ0n) is 15.8. The molecule has 2 aromatic rings. The van der Waals surface area contributed by atoms with E-state index in [9.17, 15) is 13.2 Å². The highest BCUT2D eigenvalue weighted by molar-refractivity contribution is 7.91. The maximum Gasteiger partial charge on any atom is 0.187 e. The zero-order valence-corrected chi connectivity index (χ0v) is 16.6. The molecule has 1 aliphatic rings. The third-order valence-corrected chi connectivity index (χ3v) is 6.26. The number of ether oxygens (including phenoxy) is 2. The highest BCUT2D eigenvalue weighted by Gasteiger charge is 2.36. The van der Waals surface area contributed by atoms with E-state index in [0.717, 1.165) is 6.42 Å². The molecule has 27 heavy (non-hydrogen) atoms. The van der Waals surface area contributed by atoms with Gasteiger partial charge >= 0.3 is 0 Å². The minimum Gasteiger partial charge on any atom is -0.495 e. The Morgan fingerprint density at radius 1 is 1.30 bits per heavy atom. The quantitative estimate of drug-likeness (QED) is 0.507. The number of nitrogens with zero attached hydrogens (tertiary/aromatic N) is 2. The second-order valence-electron chi connectivity index (χ2n) is 6.53. The summed E-state index contributed by atoms with van der Waals surface area (Å²) in [5, 5.41) is 4.35. The molecule has 0 spiro atoms. The van der Waals surface area contributed by atoms with E-state index in [-0.39, 0.29) is 28.5 Å². The van der Waals surface area contributed by atoms with Crippen LogP contribution in [-0.2, 0) is 27.4 Å². The second kappa shape index (κ2) is 7.82. The van der Waals surface area contributed by atoms with Gasteiger partial charge in [-0.1, -0.05) is 19.1 Å². The number of Topliss-reactive ketones (excluding diaryl/α,β-unsaturated/α-hetero) is 1. The topological polar surface area (TPSA) is 87.5 Å². The Morgan fingerprint density at radius 3 is 2.78 bits per heavy atom. The molecule has 0 radical (unpaired) electrons. The summed E-state index contributed by atoms with van der Waals surface area (Å²) in [6.07, 6.45) is 1.79. The number of rotatable bonds is 8. The zero-order chi connectivity index (χ0) is 19.6. The molecule has 8 heteroatoms. The molecule has 0 amide bonds. The van der Waals surface area contributed by atoms with Crippen molar-refractivity contribution in [2.45, 2.75) is 36.8 Å². The van der Waals surface area contributed by atoms with Crippen LogP contribution in [0.2, 0.25) is 0 Å². The summed E-state index contributed by atoms with van der Waals surface area (Å²) in [7, 11) is -0.461. The van der Waals surface area contributed by atoms with E-state index in [2.05, 4.69) is 5.10 Å². The molecule has 0 fully saturated rings. The Balaban J connectivity index is 1.97. The first-order chi connectivity index (χ1) is 12.9. The predicted octanol–water partition coefficient (Wildman–Crippen LogP) is 2.77. The molecule has 0 N–H and O–H groups in total. The van der Waals surface area contributed by atoms with Crippen molar-refractivity contribution in [3.05, 3.63) is 29.5 Å². The van der Waals surface area contributed by atoms with Gasteiger partial charge in [0, 0.05) is 37.8 Å². The summed E-state index contributed by atoms with van der Waals surface area (Å²) in [6, 6.07) is 5.09. The number of benzene rings is 1. The van der Waals surface area contributed by atoms with Gasteiger partial charge in [-0.15, -0.1) is 0 Å². The molecule has 2 heterocycles. The number of methoxy groups -OCH3 is 1. The average Bonchev–Trinajstić information content (AvgIpc) is 2.96. The van der Waals surface area contributed by atoms with Crippen LogP contribution in [0.5, 0.6) is 5.75 Å². The molecule has 0 unspecified atom stereocenters. The molecule has 0 saturated heterocycles. The molecule has 146 valence electrons. The smallest absolute Gasteiger partial charge is 0.187 e. The molecular weight excluding hydrogens is 368 g/mol. The number of ketones is 1. The summed E-state index contributed by atoms with van der Waals surface area (Å²) < 4.78 is 38.0. The molecule has 1 aliphatic heterocycles. The van der Waals surface area contributed by atoms with Crippen molar-refractivity contribution in [3.63, 3.8) is 0 Å². The van der Waals surface area contributed by atoms with Crippen molar-refractivity contribution in [1.82, 2.24) is 9.78 Å². The molecular formula is C19H24N2O5S. The summed E-state index contributed by atoms with van der Waals surface area (Å²) >= 11 is 0. The highest BCUT2D eigenvalue weighted by Crippen LogP contribution is 2.43. The summed E-state index contributed by atoms with van der Waals surface area (Å²) in [6.45, 7) is 3.20. The number of carbonyl (C=O) groups is 1. The first-order valence-corrected chi connectivity index (χ1v) is 10.6. The first kappa shape index (κ1) is 19.6. The second-order valence-corrected chi connectivity index (χ2v) is 8.46. The fourth-order valence-electron chi connectivity index (χ4n) is 3.41. The molecule has 1 aromatic carbocycles. The van der Waals surface area contributed by atoms with E-state index in [1.165, 1.54) is 7.11 Å². The Hall–Kier alpha value is -2.19. The van der Waals surface area contributed by atoms with Gasteiger partial charge in [-0.05, 0) is 18.9 Å². The molecule has 7 nitrogen and oxygen atoms in total. The van der Waals surface area contributed by atoms with Crippen LogP contribution in [0.15, 0.2) is 23.1 Å². The van der Waals surface area contributed by atoms with Gasteiger partial charge in [0.15, 0.2) is 15.6 Å². The average molecular weight is 392 g/mol. The molecule has 1 aromatic heterocycles. The van der Waals surface area contributed by atoms with Gasteiger partial charge in [-0.2, -0.15) is 5.10 Å². The summed E-state index contributed by atoms with van der Waals surface area (Å²) in [5.74, 6) is -0.106. The van der Waals surface area contributed by atoms with Crippen LogP contribution >= 0.6 is 0 Å². The Morgan fingerprint density at radius 2 is 2.07 bits per heavy atom. The first-order valence-electron chi connectivity index (χ1n) is 8.97. The lowest BCUT2D eigenvalue weighted by molar-refractivity contribution is 0.0932. The lowest BCUT2D eigenvalue weighted by Crippen LogP contribution is -2.16. The molecule has 3 rings (SSSR count). The molecule has 0 aliphatic carbocycles. The van der Waals surface area contributed by atoms with Crippen molar-refractivity contribution in [2.75, 3.05) is 20.3 Å². The number of aryl methyl sites for hydroxylation is 1. The summed E-state index contributed by atoms with van der Waals surface area (Å²) in [5.41, 5.74) is 1.89. The van der Waals surface area contributed by atoms with E-state index >= 15 is 0 Å². The SMILES string of the molecule is CCCOCCCC(=O)c1nn(C)c2c1CS(=O)(=O)c1c(OC)cccc1-2. The molecule has 0 bridgehead atoms. The van der Waals surface area contributed by atoms with Gasteiger partial charge in [0.25, 0.3) is 0 Å². The summed E-state index contributed by atoms with van der Waals surface area (Å²) in [4.78, 5) is 12.8. The van der Waals surface area contributed by atoms with Crippen LogP contribution in [-0.4, -0.2) is 44.3 Å². The van der Waals surface area contributed by atoms with E-state index in [1.807, 2.05) is 6.92 Å². The van der Waals surface area contributed by atoms with Gasteiger partial charge < -0.3 is 9.47 Å². The Bertz CT molecular complexity index is 963. The van der Waals surface area contributed by atoms with Gasteiger partial charge in [-0.25, -0.2) is 8.42 Å². The monoisotopic (exact) mass is 392 g/mol. The van der Waals surface area contributed by atoms with Crippen LogP contribution in [0.25, 0.3) is 11.3 Å². The van der Waals surface area contributed by atoms with E-state index in [0.29, 0.717) is 42.2 Å². The van der Waals surface area contributed by atoms with E-state index in [4.69, 9.17) is 9.47 Å². The normalized spacial score (nSPS) is 14.5. The van der Waals surface area contributed by atoms with Crippen molar-refractivity contribution in [1.29, 1.82) is 0 Å². The maximum absolute atomic E-state index is 12.9. The number of fused-ring (bicyclic) bond motifs is 3. The van der Waals surface area contributed by atoms with E-state index in [1.54, 1.807) is 29.9 Å². The lowest BCUT2D eigenvalue weighted by atomic mass is 10.0. The fraction of sp³-hybridized carbons (Fsp3) is 0.474. The molecule has 0 saturated carbocycles. The Kier molecular flexibility index (Phi) is 5.67. The number of sulfone groups is 1. The number of hydrogen-bond acceptors (Lipinski definition) is 6. The van der Waals surface area contributed by atoms with Crippen molar-refractivity contribution in [2.24, 2.45) is 7.05 Å². The van der Waals surface area contributed by atoms with Crippen molar-refractivity contribution < 1.29 is 22.7 Å². The largest absolute Gasteiger partial charge is 0.495 e. The number of hydrogen-bond donors (Lipinski definition) is 0. The lowest BCUT2D eigenvalue weighted by Gasteiger charge is -2.20. The van der Waals surface area contributed by atoms with Crippen LogP contribution in [0.3, 0.4) is 0 Å². The minimum atomic E-state index is -3.63. The number of aromatic nitrogens is 2. The predicted molar refractivity (Wildman–Crippen MR) is 101 cm³/mol. The maximum atomic E-state index is 12.9. The van der Waals surface area contributed by atoms with Crippen LogP contribution in [0.4, 0.5) is 0 Å². The van der Waals surface area contributed by atoms with Gasteiger partial charge in [-0.3, -0.25) is 9.48 Å². The van der Waals surface area contributed by atoms with Crippen molar-refractivity contribution in [3.8, 4) is 17.0 Å². The van der Waals surface area contributed by atoms with Gasteiger partial charge in [0.05, 0.1) is 18.6 Å². The van der Waals surface area contributed by atoms with Crippen LogP contribution in [0, 0.1) is 0 Å². The fourth-order valence-corrected chi connectivity index (χ4v) is 5.17. The third kappa shape index (κ3) is 3.64. The van der Waals surface area contributed by atoms with Gasteiger partial charge in [0.1, 0.15) is 16.3 Å². The van der Waals surface area contributed by atoms with Gasteiger partial charge in [0.2, 0.25) is 0 Å². The minimum absolute atomic E-state index is 0.159. The third-order valence-electron chi connectivity index (χ3n) is 4.55. The molecule has 0 atom stereocenters. The van der Waals surface area contributed by atoms with Crippen LogP contribution in [0.1, 0.15) is 42.2 Å². The Labute approximate surface area is 159 Å². The van der Waals surface area contributed by atoms with E-state index < -0.39 is 9.84 Å². The highest BCUT2D eigenvalue weighted by atomic mass is 32.2. The van der Waals surface area contributed by atoms with Crippen LogP contribution < -0.4 is 4.74 Å². The van der Waals surface area contributed by atoms with Crippen molar-refractivity contribution >= 4 is 15.6 Å². The number of carbonyl (C=O) groups excluding carboxylic acids is 1.